The van der Waals surface area contributed by atoms with Crippen molar-refractivity contribution in [2.45, 2.75) is 40.7 Å². The zero-order chi connectivity index (χ0) is 14.3. The van der Waals surface area contributed by atoms with Crippen LogP contribution >= 0.6 is 0 Å². The number of para-hydroxylation sites is 1. The monoisotopic (exact) mass is 267 g/mol. The van der Waals surface area contributed by atoms with E-state index in [9.17, 15) is 4.39 Å². The molecule has 2 nitrogen and oxygen atoms in total. The molecule has 1 aromatic carbocycles. The van der Waals surface area contributed by atoms with Crippen LogP contribution in [0.2, 0.25) is 0 Å². The third-order valence-corrected chi connectivity index (χ3v) is 3.13. The van der Waals surface area contributed by atoms with Crippen LogP contribution < -0.4 is 10.1 Å². The summed E-state index contributed by atoms with van der Waals surface area (Å²) in [6, 6.07) is 5.11. The predicted octanol–water partition coefficient (Wildman–Crippen LogP) is 4.00. The minimum Gasteiger partial charge on any atom is -0.490 e. The minimum absolute atomic E-state index is 0.271. The summed E-state index contributed by atoms with van der Waals surface area (Å²) in [4.78, 5) is 0. The zero-order valence-electron chi connectivity index (χ0n) is 12.5. The highest BCUT2D eigenvalue weighted by molar-refractivity contribution is 5.34. The lowest BCUT2D eigenvalue weighted by Crippen LogP contribution is -2.20. The second-order valence-corrected chi connectivity index (χ2v) is 5.58. The number of benzene rings is 1. The van der Waals surface area contributed by atoms with Crippen LogP contribution in [0.4, 0.5) is 4.39 Å². The molecule has 108 valence electrons. The van der Waals surface area contributed by atoms with E-state index in [0.29, 0.717) is 30.7 Å². The van der Waals surface area contributed by atoms with E-state index in [0.717, 1.165) is 18.5 Å². The van der Waals surface area contributed by atoms with Gasteiger partial charge >= 0.3 is 0 Å². The average Bonchev–Trinajstić information content (AvgIpc) is 2.37. The first-order valence-corrected chi connectivity index (χ1v) is 7.15. The first-order valence-electron chi connectivity index (χ1n) is 7.15. The normalized spacial score (nSPS) is 12.7. The lowest BCUT2D eigenvalue weighted by molar-refractivity contribution is 0.243. The van der Waals surface area contributed by atoms with Crippen molar-refractivity contribution in [3.8, 4) is 5.75 Å². The summed E-state index contributed by atoms with van der Waals surface area (Å²) >= 11 is 0. The highest BCUT2D eigenvalue weighted by atomic mass is 19.1. The van der Waals surface area contributed by atoms with Crippen molar-refractivity contribution in [3.63, 3.8) is 0 Å². The van der Waals surface area contributed by atoms with Gasteiger partial charge in [0, 0.05) is 12.1 Å². The fourth-order valence-corrected chi connectivity index (χ4v) is 1.69. The second-order valence-electron chi connectivity index (χ2n) is 5.58. The van der Waals surface area contributed by atoms with Crippen molar-refractivity contribution < 1.29 is 9.13 Å². The Hall–Kier alpha value is -1.09. The highest BCUT2D eigenvalue weighted by Crippen LogP contribution is 2.23. The third kappa shape index (κ3) is 5.60. The van der Waals surface area contributed by atoms with Gasteiger partial charge in [0.2, 0.25) is 0 Å². The van der Waals surface area contributed by atoms with Crippen LogP contribution in [0.3, 0.4) is 0 Å². The summed E-state index contributed by atoms with van der Waals surface area (Å²) in [6.45, 7) is 10.7. The van der Waals surface area contributed by atoms with Gasteiger partial charge in [0.15, 0.2) is 11.6 Å². The van der Waals surface area contributed by atoms with Gasteiger partial charge in [-0.05, 0) is 24.4 Å². The molecule has 1 unspecified atom stereocenters. The van der Waals surface area contributed by atoms with Crippen molar-refractivity contribution in [1.82, 2.24) is 5.32 Å². The SMILES string of the molecule is CCC(C)COc1c(F)cccc1CNCC(C)C. The Balaban J connectivity index is 2.66. The van der Waals surface area contributed by atoms with E-state index in [1.807, 2.05) is 6.07 Å². The van der Waals surface area contributed by atoms with Gasteiger partial charge in [-0.25, -0.2) is 4.39 Å². The average molecular weight is 267 g/mol. The van der Waals surface area contributed by atoms with Gasteiger partial charge in [0.1, 0.15) is 0 Å². The van der Waals surface area contributed by atoms with E-state index in [1.54, 1.807) is 6.07 Å². The molecule has 0 amide bonds. The number of hydrogen-bond donors (Lipinski definition) is 1. The highest BCUT2D eigenvalue weighted by Gasteiger charge is 2.11. The van der Waals surface area contributed by atoms with Gasteiger partial charge in [-0.15, -0.1) is 0 Å². The molecule has 0 aliphatic carbocycles. The lowest BCUT2D eigenvalue weighted by atomic mass is 10.1. The van der Waals surface area contributed by atoms with Crippen LogP contribution in [0.5, 0.6) is 5.75 Å². The molecule has 0 aliphatic rings. The van der Waals surface area contributed by atoms with E-state index in [4.69, 9.17) is 4.74 Å². The van der Waals surface area contributed by atoms with Crippen molar-refractivity contribution >= 4 is 0 Å². The van der Waals surface area contributed by atoms with Crippen molar-refractivity contribution in [1.29, 1.82) is 0 Å². The first-order chi connectivity index (χ1) is 9.04. The fraction of sp³-hybridized carbons (Fsp3) is 0.625. The molecule has 0 radical (unpaired) electrons. The van der Waals surface area contributed by atoms with Gasteiger partial charge in [-0.1, -0.05) is 46.2 Å². The summed E-state index contributed by atoms with van der Waals surface area (Å²) in [5.74, 6) is 1.15. The molecule has 3 heteroatoms. The summed E-state index contributed by atoms with van der Waals surface area (Å²) in [7, 11) is 0. The molecule has 0 aromatic heterocycles. The van der Waals surface area contributed by atoms with E-state index in [-0.39, 0.29) is 5.82 Å². The Morgan fingerprint density at radius 2 is 2.00 bits per heavy atom. The molecule has 19 heavy (non-hydrogen) atoms. The number of halogens is 1. The second kappa shape index (κ2) is 8.16. The molecule has 0 heterocycles. The van der Waals surface area contributed by atoms with E-state index >= 15 is 0 Å². The molecular formula is C16H26FNO. The van der Waals surface area contributed by atoms with Crippen molar-refractivity contribution in [2.24, 2.45) is 11.8 Å². The van der Waals surface area contributed by atoms with Crippen molar-refractivity contribution in [3.05, 3.63) is 29.6 Å². The van der Waals surface area contributed by atoms with Gasteiger partial charge in [-0.2, -0.15) is 0 Å². The quantitative estimate of drug-likeness (QED) is 0.768. The summed E-state index contributed by atoms with van der Waals surface area (Å²) < 4.78 is 19.5. The molecule has 0 fully saturated rings. The number of ether oxygens (including phenoxy) is 1. The molecule has 1 atom stereocenters. The Labute approximate surface area is 116 Å². The van der Waals surface area contributed by atoms with E-state index in [2.05, 4.69) is 33.0 Å². The maximum absolute atomic E-state index is 13.8. The molecule has 1 N–H and O–H groups in total. The fourth-order valence-electron chi connectivity index (χ4n) is 1.69. The zero-order valence-corrected chi connectivity index (χ0v) is 12.5. The summed E-state index contributed by atoms with van der Waals surface area (Å²) in [6.07, 6.45) is 1.04. The van der Waals surface area contributed by atoms with Gasteiger partial charge < -0.3 is 10.1 Å². The number of nitrogens with one attached hydrogen (secondary N) is 1. The minimum atomic E-state index is -0.271. The van der Waals surface area contributed by atoms with E-state index in [1.165, 1.54) is 6.07 Å². The van der Waals surface area contributed by atoms with Gasteiger partial charge in [-0.3, -0.25) is 0 Å². The molecule has 0 saturated carbocycles. The summed E-state index contributed by atoms with van der Waals surface area (Å²) in [5.41, 5.74) is 0.893. The standard InChI is InChI=1S/C16H26FNO/c1-5-13(4)11-19-16-14(7-6-8-15(16)17)10-18-9-12(2)3/h6-8,12-13,18H,5,9-11H2,1-4H3. The predicted molar refractivity (Wildman–Crippen MR) is 77.9 cm³/mol. The van der Waals surface area contributed by atoms with Gasteiger partial charge in [0.05, 0.1) is 6.61 Å². The Kier molecular flexibility index (Phi) is 6.85. The Morgan fingerprint density at radius 3 is 2.63 bits per heavy atom. The van der Waals surface area contributed by atoms with Crippen LogP contribution in [0.15, 0.2) is 18.2 Å². The molecular weight excluding hydrogens is 241 g/mol. The molecule has 1 aromatic rings. The Morgan fingerprint density at radius 1 is 1.26 bits per heavy atom. The smallest absolute Gasteiger partial charge is 0.165 e. The van der Waals surface area contributed by atoms with Crippen LogP contribution in [0.25, 0.3) is 0 Å². The van der Waals surface area contributed by atoms with E-state index < -0.39 is 0 Å². The molecule has 0 bridgehead atoms. The van der Waals surface area contributed by atoms with Crippen LogP contribution in [-0.2, 0) is 6.54 Å². The lowest BCUT2D eigenvalue weighted by Gasteiger charge is -2.16. The molecule has 0 saturated heterocycles. The first kappa shape index (κ1) is 16.0. The van der Waals surface area contributed by atoms with Gasteiger partial charge in [0.25, 0.3) is 0 Å². The largest absolute Gasteiger partial charge is 0.490 e. The van der Waals surface area contributed by atoms with Crippen molar-refractivity contribution in [2.75, 3.05) is 13.2 Å². The third-order valence-electron chi connectivity index (χ3n) is 3.13. The summed E-state index contributed by atoms with van der Waals surface area (Å²) in [5, 5.41) is 3.32. The topological polar surface area (TPSA) is 21.3 Å². The molecule has 0 spiro atoms. The van der Waals surface area contributed by atoms with Crippen LogP contribution in [0, 0.1) is 17.7 Å². The van der Waals surface area contributed by atoms with Crippen LogP contribution in [0.1, 0.15) is 39.7 Å². The maximum Gasteiger partial charge on any atom is 0.165 e. The Bertz CT molecular complexity index is 379. The number of hydrogen-bond acceptors (Lipinski definition) is 2. The number of rotatable bonds is 8. The molecule has 0 aliphatic heterocycles. The van der Waals surface area contributed by atoms with Crippen LogP contribution in [-0.4, -0.2) is 13.2 Å². The molecule has 1 rings (SSSR count). The maximum atomic E-state index is 13.8.